The Kier molecular flexibility index (Phi) is 13.3. The van der Waals surface area contributed by atoms with Gasteiger partial charge in [-0.1, -0.05) is 43.4 Å². The number of aliphatic hydroxyl groups excluding tert-OH is 1. The van der Waals surface area contributed by atoms with E-state index in [0.717, 1.165) is 38.5 Å². The Morgan fingerprint density at radius 2 is 1.73 bits per heavy atom. The lowest BCUT2D eigenvalue weighted by molar-refractivity contribution is -0.131. The van der Waals surface area contributed by atoms with Crippen LogP contribution in [0.15, 0.2) is 36.7 Å². The van der Waals surface area contributed by atoms with Crippen molar-refractivity contribution in [3.05, 3.63) is 48.0 Å². The number of epoxide rings is 1. The van der Waals surface area contributed by atoms with Crippen molar-refractivity contribution in [2.75, 3.05) is 33.9 Å². The van der Waals surface area contributed by atoms with Crippen LogP contribution in [0.25, 0.3) is 0 Å². The minimum Gasteiger partial charge on any atom is -0.497 e. The number of aromatic nitrogens is 2. The summed E-state index contributed by atoms with van der Waals surface area (Å²) in [5.41, 5.74) is 0.450. The summed E-state index contributed by atoms with van der Waals surface area (Å²) in [6.07, 6.45) is 7.93. The minimum absolute atomic E-state index is 0.0969. The first-order valence-corrected chi connectivity index (χ1v) is 13.3. The second-order valence-electron chi connectivity index (χ2n) is 9.80. The number of nitrogens with one attached hydrogen (secondary N) is 4. The highest BCUT2D eigenvalue weighted by Gasteiger charge is 2.50. The molecule has 2 aliphatic rings. The maximum absolute atomic E-state index is 12.7. The van der Waals surface area contributed by atoms with Gasteiger partial charge >= 0.3 is 0 Å². The fourth-order valence-electron chi connectivity index (χ4n) is 4.22. The predicted molar refractivity (Wildman–Crippen MR) is 148 cm³/mol. The monoisotopic (exact) mass is 559 g/mol. The average Bonchev–Trinajstić information content (AvgIpc) is 3.34. The molecule has 2 fully saturated rings. The molecule has 2 heterocycles. The van der Waals surface area contributed by atoms with Crippen molar-refractivity contribution in [3.63, 3.8) is 0 Å². The standard InChI is InChI=1S/C19H27N5O5.C8H10O.CH4O/c1-19(11-29-19)16(27)13(8-12-4-2-3-5-12)24-15(26)10-22-14(25)9-23-18(28)17-20-6-7-21-17;1-7-3-5-8(9-2)6-4-7;1-2/h6-7,12-13H,2-5,8-11H2,1H3,(H,20,21)(H,22,25)(H,23,28)(H,24,26);3-6H,1-2H3;2H,1H3/t13?,19-;;/m1../s1. The largest absolute Gasteiger partial charge is 0.497 e. The van der Waals surface area contributed by atoms with E-state index in [1.165, 1.54) is 18.0 Å². The predicted octanol–water partition coefficient (Wildman–Crippen LogP) is 1.29. The van der Waals surface area contributed by atoms with Gasteiger partial charge in [-0.2, -0.15) is 0 Å². The first kappa shape index (κ1) is 32.4. The van der Waals surface area contributed by atoms with Crippen LogP contribution in [0.3, 0.4) is 0 Å². The van der Waals surface area contributed by atoms with Crippen molar-refractivity contribution < 1.29 is 33.8 Å². The quantitative estimate of drug-likeness (QED) is 0.256. The zero-order valence-corrected chi connectivity index (χ0v) is 23.6. The summed E-state index contributed by atoms with van der Waals surface area (Å²) in [5, 5.41) is 14.6. The van der Waals surface area contributed by atoms with Crippen molar-refractivity contribution in [1.29, 1.82) is 0 Å². The first-order chi connectivity index (χ1) is 19.2. The molecule has 1 aliphatic carbocycles. The number of methoxy groups -OCH3 is 1. The van der Waals surface area contributed by atoms with E-state index in [1.54, 1.807) is 14.0 Å². The lowest BCUT2D eigenvalue weighted by atomic mass is 9.91. The Hall–Kier alpha value is -3.77. The summed E-state index contributed by atoms with van der Waals surface area (Å²) in [4.78, 5) is 55.0. The number of H-pyrrole nitrogens is 1. The van der Waals surface area contributed by atoms with E-state index in [1.807, 2.05) is 24.3 Å². The Morgan fingerprint density at radius 3 is 2.27 bits per heavy atom. The number of imidazole rings is 1. The molecular weight excluding hydrogens is 518 g/mol. The molecule has 40 heavy (non-hydrogen) atoms. The maximum atomic E-state index is 12.7. The van der Waals surface area contributed by atoms with Crippen molar-refractivity contribution in [2.24, 2.45) is 5.92 Å². The summed E-state index contributed by atoms with van der Waals surface area (Å²) in [6, 6.07) is 7.34. The topological polar surface area (TPSA) is 175 Å². The van der Waals surface area contributed by atoms with Crippen molar-refractivity contribution >= 4 is 23.5 Å². The number of Topliss-reactive ketones (excluding diaryl/α,β-unsaturated/α-hetero) is 1. The van der Waals surface area contributed by atoms with Crippen LogP contribution in [0.5, 0.6) is 5.75 Å². The molecule has 2 aromatic rings. The Bertz CT molecular complexity index is 1080. The van der Waals surface area contributed by atoms with E-state index < -0.39 is 29.4 Å². The van der Waals surface area contributed by atoms with Gasteiger partial charge in [0.05, 0.1) is 32.8 Å². The Labute approximate surface area is 234 Å². The van der Waals surface area contributed by atoms with Crippen LogP contribution < -0.4 is 20.7 Å². The van der Waals surface area contributed by atoms with Gasteiger partial charge in [0.2, 0.25) is 11.8 Å². The zero-order chi connectivity index (χ0) is 29.5. The fourth-order valence-corrected chi connectivity index (χ4v) is 4.22. The number of amides is 3. The first-order valence-electron chi connectivity index (χ1n) is 13.3. The van der Waals surface area contributed by atoms with Gasteiger partial charge in [0.1, 0.15) is 11.4 Å². The number of aliphatic hydroxyl groups is 1. The molecule has 3 amide bonds. The molecule has 1 aromatic carbocycles. The summed E-state index contributed by atoms with van der Waals surface area (Å²) in [7, 11) is 2.67. The second-order valence-corrected chi connectivity index (χ2v) is 9.80. The number of benzene rings is 1. The minimum atomic E-state index is -0.810. The zero-order valence-electron chi connectivity index (χ0n) is 23.6. The molecule has 1 aromatic heterocycles. The molecule has 1 saturated heterocycles. The van der Waals surface area contributed by atoms with Crippen LogP contribution in [0, 0.1) is 12.8 Å². The van der Waals surface area contributed by atoms with Crippen molar-refractivity contribution in [3.8, 4) is 5.75 Å². The molecule has 2 atom stereocenters. The molecular formula is C28H41N5O7. The van der Waals surface area contributed by atoms with Crippen molar-refractivity contribution in [1.82, 2.24) is 25.9 Å². The number of hydrogen-bond donors (Lipinski definition) is 5. The van der Waals surface area contributed by atoms with E-state index in [4.69, 9.17) is 14.6 Å². The SMILES string of the molecule is CO.COc1ccc(C)cc1.C[C@]1(C(=O)C(CC2CCCC2)NC(=O)CNC(=O)CNC(=O)c2ncc[nH]2)CO1. The van der Waals surface area contributed by atoms with Gasteiger partial charge in [-0.3, -0.25) is 19.2 Å². The van der Waals surface area contributed by atoms with E-state index in [-0.39, 0.29) is 24.7 Å². The fraction of sp³-hybridized carbons (Fsp3) is 0.536. The Morgan fingerprint density at radius 1 is 1.10 bits per heavy atom. The number of carbonyl (C=O) groups excluding carboxylic acids is 4. The Balaban J connectivity index is 0.000000428. The molecule has 0 spiro atoms. The highest BCUT2D eigenvalue weighted by atomic mass is 16.6. The average molecular weight is 560 g/mol. The van der Waals surface area contributed by atoms with Crippen LogP contribution in [-0.4, -0.2) is 84.1 Å². The van der Waals surface area contributed by atoms with Gasteiger partial charge in [0.25, 0.3) is 5.91 Å². The molecule has 5 N–H and O–H groups in total. The lowest BCUT2D eigenvalue weighted by Gasteiger charge is -2.22. The number of ketones is 1. The van der Waals surface area contributed by atoms with Crippen LogP contribution >= 0.6 is 0 Å². The van der Waals surface area contributed by atoms with Crippen LogP contribution in [0.4, 0.5) is 0 Å². The number of rotatable bonds is 11. The van der Waals surface area contributed by atoms with Crippen LogP contribution in [0.2, 0.25) is 0 Å². The van der Waals surface area contributed by atoms with Gasteiger partial charge in [0, 0.05) is 19.5 Å². The van der Waals surface area contributed by atoms with Crippen molar-refractivity contribution in [2.45, 2.75) is 57.6 Å². The third-order valence-electron chi connectivity index (χ3n) is 6.62. The molecule has 1 saturated carbocycles. The molecule has 12 nitrogen and oxygen atoms in total. The molecule has 4 rings (SSSR count). The second kappa shape index (κ2) is 16.4. The number of aromatic amines is 1. The lowest BCUT2D eigenvalue weighted by Crippen LogP contribution is -2.50. The third-order valence-corrected chi connectivity index (χ3v) is 6.62. The summed E-state index contributed by atoms with van der Waals surface area (Å²) < 4.78 is 10.2. The van der Waals surface area contributed by atoms with Crippen LogP contribution in [-0.2, 0) is 19.1 Å². The molecule has 1 aliphatic heterocycles. The smallest absolute Gasteiger partial charge is 0.287 e. The summed E-state index contributed by atoms with van der Waals surface area (Å²) in [6.45, 7) is 3.59. The number of nitrogens with zero attached hydrogens (tertiary/aromatic N) is 1. The normalized spacial score (nSPS) is 18.1. The highest BCUT2D eigenvalue weighted by molar-refractivity contribution is 5.97. The number of ether oxygens (including phenoxy) is 2. The van der Waals surface area contributed by atoms with E-state index in [2.05, 4.69) is 32.8 Å². The molecule has 1 unspecified atom stereocenters. The molecule has 0 radical (unpaired) electrons. The summed E-state index contributed by atoms with van der Waals surface area (Å²) >= 11 is 0. The number of aryl methyl sites for hydroxylation is 1. The van der Waals surface area contributed by atoms with Gasteiger partial charge in [-0.15, -0.1) is 0 Å². The molecule has 0 bridgehead atoms. The van der Waals surface area contributed by atoms with E-state index >= 15 is 0 Å². The van der Waals surface area contributed by atoms with Gasteiger partial charge < -0.3 is 35.5 Å². The van der Waals surface area contributed by atoms with E-state index in [9.17, 15) is 19.2 Å². The van der Waals surface area contributed by atoms with Gasteiger partial charge in [0.15, 0.2) is 11.6 Å². The molecule has 12 heteroatoms. The highest BCUT2D eigenvalue weighted by Crippen LogP contribution is 2.33. The third kappa shape index (κ3) is 10.8. The van der Waals surface area contributed by atoms with Gasteiger partial charge in [-0.25, -0.2) is 4.98 Å². The summed E-state index contributed by atoms with van der Waals surface area (Å²) in [5.74, 6) is -0.171. The number of hydrogen-bond acceptors (Lipinski definition) is 8. The van der Waals surface area contributed by atoms with Crippen LogP contribution in [0.1, 0.15) is 55.2 Å². The molecule has 220 valence electrons. The number of carbonyl (C=O) groups is 4. The maximum Gasteiger partial charge on any atom is 0.287 e. The van der Waals surface area contributed by atoms with E-state index in [0.29, 0.717) is 18.9 Å². The van der Waals surface area contributed by atoms with Gasteiger partial charge in [-0.05, 0) is 38.3 Å².